The molecule has 0 saturated carbocycles. The highest BCUT2D eigenvalue weighted by atomic mass is 16.1. The summed E-state index contributed by atoms with van der Waals surface area (Å²) in [7, 11) is 0. The summed E-state index contributed by atoms with van der Waals surface area (Å²) < 4.78 is 0. The fourth-order valence-electron chi connectivity index (χ4n) is 2.59. The van der Waals surface area contributed by atoms with Crippen LogP contribution in [0.4, 0.5) is 0 Å². The number of fused-ring (bicyclic) bond motifs is 1. The van der Waals surface area contributed by atoms with Crippen LogP contribution in [0.1, 0.15) is 32.9 Å². The molecule has 21 heavy (non-hydrogen) atoms. The van der Waals surface area contributed by atoms with Gasteiger partial charge in [0.05, 0.1) is 12.2 Å². The van der Waals surface area contributed by atoms with E-state index in [0.717, 1.165) is 30.9 Å². The Bertz CT molecular complexity index is 667. The van der Waals surface area contributed by atoms with Crippen molar-refractivity contribution in [3.05, 3.63) is 64.5 Å². The van der Waals surface area contributed by atoms with Crippen LogP contribution in [-0.2, 0) is 19.5 Å². The molecule has 0 fully saturated rings. The summed E-state index contributed by atoms with van der Waals surface area (Å²) in [5, 5.41) is 6.26. The van der Waals surface area contributed by atoms with Gasteiger partial charge in [-0.05, 0) is 55.3 Å². The third-order valence-electron chi connectivity index (χ3n) is 3.73. The van der Waals surface area contributed by atoms with Crippen LogP contribution in [0.15, 0.2) is 36.4 Å². The van der Waals surface area contributed by atoms with Crippen molar-refractivity contribution in [2.75, 3.05) is 6.54 Å². The Morgan fingerprint density at radius 2 is 2.19 bits per heavy atom. The average molecular weight is 281 g/mol. The monoisotopic (exact) mass is 281 g/mol. The molecule has 2 aromatic rings. The topological polar surface area (TPSA) is 54.0 Å². The van der Waals surface area contributed by atoms with Crippen LogP contribution in [-0.4, -0.2) is 17.4 Å². The van der Waals surface area contributed by atoms with Crippen molar-refractivity contribution < 1.29 is 4.79 Å². The smallest absolute Gasteiger partial charge is 0.251 e. The van der Waals surface area contributed by atoms with Gasteiger partial charge in [-0.1, -0.05) is 12.1 Å². The predicted molar refractivity (Wildman–Crippen MR) is 82.0 cm³/mol. The molecule has 0 spiro atoms. The number of benzene rings is 1. The lowest BCUT2D eigenvalue weighted by atomic mass is 9.98. The van der Waals surface area contributed by atoms with Crippen LogP contribution in [0, 0.1) is 6.92 Å². The highest BCUT2D eigenvalue weighted by molar-refractivity contribution is 5.94. The van der Waals surface area contributed by atoms with E-state index in [2.05, 4.69) is 21.7 Å². The van der Waals surface area contributed by atoms with Gasteiger partial charge in [0.15, 0.2) is 0 Å². The Morgan fingerprint density at radius 1 is 1.29 bits per heavy atom. The zero-order chi connectivity index (χ0) is 14.7. The number of aromatic nitrogens is 1. The van der Waals surface area contributed by atoms with E-state index in [1.54, 1.807) is 0 Å². The third-order valence-corrected chi connectivity index (χ3v) is 3.73. The van der Waals surface area contributed by atoms with Gasteiger partial charge in [0.2, 0.25) is 0 Å². The molecule has 0 radical (unpaired) electrons. The first-order chi connectivity index (χ1) is 10.2. The second-order valence-corrected chi connectivity index (χ2v) is 5.36. The first-order valence-corrected chi connectivity index (χ1v) is 7.25. The molecule has 108 valence electrons. The molecular formula is C17H19N3O. The van der Waals surface area contributed by atoms with Gasteiger partial charge >= 0.3 is 0 Å². The van der Waals surface area contributed by atoms with E-state index < -0.39 is 0 Å². The van der Waals surface area contributed by atoms with E-state index in [4.69, 9.17) is 0 Å². The summed E-state index contributed by atoms with van der Waals surface area (Å²) in [6.45, 7) is 4.26. The van der Waals surface area contributed by atoms with Crippen molar-refractivity contribution in [1.82, 2.24) is 15.6 Å². The maximum atomic E-state index is 12.2. The van der Waals surface area contributed by atoms with Crippen molar-refractivity contribution in [2.24, 2.45) is 0 Å². The number of carbonyl (C=O) groups excluding carboxylic acids is 1. The average Bonchev–Trinajstić information content (AvgIpc) is 2.52. The lowest BCUT2D eigenvalue weighted by Crippen LogP contribution is -2.26. The van der Waals surface area contributed by atoms with Gasteiger partial charge in [0.25, 0.3) is 5.91 Å². The number of hydrogen-bond donors (Lipinski definition) is 2. The van der Waals surface area contributed by atoms with E-state index in [9.17, 15) is 4.79 Å². The molecule has 4 nitrogen and oxygen atoms in total. The maximum absolute atomic E-state index is 12.2. The third kappa shape index (κ3) is 3.28. The van der Waals surface area contributed by atoms with Gasteiger partial charge in [-0.15, -0.1) is 0 Å². The van der Waals surface area contributed by atoms with Crippen molar-refractivity contribution in [3.63, 3.8) is 0 Å². The zero-order valence-electron chi connectivity index (χ0n) is 12.1. The van der Waals surface area contributed by atoms with Gasteiger partial charge in [-0.2, -0.15) is 0 Å². The number of aryl methyl sites for hydroxylation is 1. The number of carbonyl (C=O) groups is 1. The van der Waals surface area contributed by atoms with E-state index >= 15 is 0 Å². The lowest BCUT2D eigenvalue weighted by molar-refractivity contribution is 0.0950. The first kappa shape index (κ1) is 13.8. The molecular weight excluding hydrogens is 262 g/mol. The number of rotatable bonds is 3. The quantitative estimate of drug-likeness (QED) is 0.904. The standard InChI is InChI=1S/C17H19N3O/c1-12-3-2-4-16(20-12)11-19-17(21)14-6-5-13-7-8-18-10-15(13)9-14/h2-6,9,18H,7-8,10-11H2,1H3,(H,19,21). The Hall–Kier alpha value is -2.20. The minimum absolute atomic E-state index is 0.0494. The Labute approximate surface area is 124 Å². The molecule has 1 amide bonds. The molecule has 2 heterocycles. The molecule has 0 atom stereocenters. The minimum atomic E-state index is -0.0494. The number of amides is 1. The van der Waals surface area contributed by atoms with E-state index in [0.29, 0.717) is 12.1 Å². The van der Waals surface area contributed by atoms with Crippen LogP contribution in [0.5, 0.6) is 0 Å². The lowest BCUT2D eigenvalue weighted by Gasteiger charge is -2.17. The number of hydrogen-bond acceptors (Lipinski definition) is 3. The Balaban J connectivity index is 1.68. The molecule has 1 aliphatic heterocycles. The van der Waals surface area contributed by atoms with Crippen molar-refractivity contribution in [1.29, 1.82) is 0 Å². The highest BCUT2D eigenvalue weighted by Crippen LogP contribution is 2.15. The molecule has 1 aromatic heterocycles. The van der Waals surface area contributed by atoms with Crippen LogP contribution in [0.2, 0.25) is 0 Å². The maximum Gasteiger partial charge on any atom is 0.251 e. The van der Waals surface area contributed by atoms with Gasteiger partial charge in [-0.3, -0.25) is 9.78 Å². The summed E-state index contributed by atoms with van der Waals surface area (Å²) in [6, 6.07) is 11.8. The molecule has 0 aliphatic carbocycles. The summed E-state index contributed by atoms with van der Waals surface area (Å²) in [4.78, 5) is 16.6. The molecule has 3 rings (SSSR count). The second-order valence-electron chi connectivity index (χ2n) is 5.36. The number of nitrogens with one attached hydrogen (secondary N) is 2. The van der Waals surface area contributed by atoms with Crippen molar-refractivity contribution in [3.8, 4) is 0 Å². The van der Waals surface area contributed by atoms with Gasteiger partial charge in [0, 0.05) is 17.8 Å². The fourth-order valence-corrected chi connectivity index (χ4v) is 2.59. The zero-order valence-corrected chi connectivity index (χ0v) is 12.1. The molecule has 4 heteroatoms. The summed E-state index contributed by atoms with van der Waals surface area (Å²) in [5.74, 6) is -0.0494. The summed E-state index contributed by atoms with van der Waals surface area (Å²) in [6.07, 6.45) is 1.03. The molecule has 1 aliphatic rings. The molecule has 0 bridgehead atoms. The van der Waals surface area contributed by atoms with Crippen LogP contribution in [0.3, 0.4) is 0 Å². The van der Waals surface area contributed by atoms with E-state index in [1.807, 2.05) is 37.3 Å². The van der Waals surface area contributed by atoms with Gasteiger partial charge in [0.1, 0.15) is 0 Å². The Kier molecular flexibility index (Phi) is 3.97. The van der Waals surface area contributed by atoms with E-state index in [-0.39, 0.29) is 5.91 Å². The molecule has 2 N–H and O–H groups in total. The number of nitrogens with zero attached hydrogens (tertiary/aromatic N) is 1. The summed E-state index contributed by atoms with van der Waals surface area (Å²) >= 11 is 0. The van der Waals surface area contributed by atoms with Crippen LogP contribution < -0.4 is 10.6 Å². The van der Waals surface area contributed by atoms with Gasteiger partial charge < -0.3 is 10.6 Å². The van der Waals surface area contributed by atoms with Gasteiger partial charge in [-0.25, -0.2) is 0 Å². The predicted octanol–water partition coefficient (Wildman–Crippen LogP) is 1.97. The van der Waals surface area contributed by atoms with Crippen LogP contribution >= 0.6 is 0 Å². The fraction of sp³-hybridized carbons (Fsp3) is 0.294. The normalized spacial score (nSPS) is 13.6. The second kappa shape index (κ2) is 6.06. The van der Waals surface area contributed by atoms with Crippen LogP contribution in [0.25, 0.3) is 0 Å². The highest BCUT2D eigenvalue weighted by Gasteiger charge is 2.12. The first-order valence-electron chi connectivity index (χ1n) is 7.25. The molecule has 0 saturated heterocycles. The summed E-state index contributed by atoms with van der Waals surface area (Å²) in [5.41, 5.74) is 5.11. The minimum Gasteiger partial charge on any atom is -0.346 e. The number of pyridine rings is 1. The SMILES string of the molecule is Cc1cccc(CNC(=O)c2ccc3c(c2)CNCC3)n1. The Morgan fingerprint density at radius 3 is 3.05 bits per heavy atom. The molecule has 0 unspecified atom stereocenters. The van der Waals surface area contributed by atoms with E-state index in [1.165, 1.54) is 11.1 Å². The molecule has 1 aromatic carbocycles. The largest absolute Gasteiger partial charge is 0.346 e. The van der Waals surface area contributed by atoms with Crippen molar-refractivity contribution in [2.45, 2.75) is 26.4 Å². The van der Waals surface area contributed by atoms with Crippen molar-refractivity contribution >= 4 is 5.91 Å².